The minimum atomic E-state index is -1.78. The summed E-state index contributed by atoms with van der Waals surface area (Å²) in [6, 6.07) is 0. The Labute approximate surface area is 360 Å². The van der Waals surface area contributed by atoms with E-state index in [1.54, 1.807) is 4.90 Å². The fraction of sp³-hybridized carbons (Fsp3) is 0.826. The summed E-state index contributed by atoms with van der Waals surface area (Å²) in [5.41, 5.74) is 6.52. The van der Waals surface area contributed by atoms with Crippen molar-refractivity contribution in [3.05, 3.63) is 23.1 Å². The summed E-state index contributed by atoms with van der Waals surface area (Å²) in [7, 11) is 1.86. The van der Waals surface area contributed by atoms with Crippen molar-refractivity contribution in [3.63, 3.8) is 0 Å². The summed E-state index contributed by atoms with van der Waals surface area (Å²) in [6.07, 6.45) is 14.2. The number of ether oxygens (including phenoxy) is 2. The number of carbonyl (C=O) groups is 3. The van der Waals surface area contributed by atoms with E-state index in [-0.39, 0.29) is 59.7 Å². The molecule has 2 rings (SSSR count). The highest BCUT2D eigenvalue weighted by Crippen LogP contribution is 2.31. The number of hydrogen-bond acceptors (Lipinski definition) is 10. The number of guanidine groups is 1. The topological polar surface area (TPSA) is 236 Å². The van der Waals surface area contributed by atoms with Crippen LogP contribution in [0.2, 0.25) is 0 Å². The van der Waals surface area contributed by atoms with Crippen molar-refractivity contribution in [2.45, 2.75) is 206 Å². The van der Waals surface area contributed by atoms with Crippen LogP contribution in [0, 0.1) is 29.1 Å². The number of nitrogens with two attached hydrogens (primary N) is 1. The average molecular weight is 851 g/mol. The van der Waals surface area contributed by atoms with Crippen LogP contribution in [0.15, 0.2) is 23.1 Å². The first kappa shape index (κ1) is 53.1. The minimum Gasteiger partial charge on any atom is -0.510 e. The van der Waals surface area contributed by atoms with Crippen LogP contribution in [0.3, 0.4) is 0 Å². The van der Waals surface area contributed by atoms with Crippen LogP contribution in [0.5, 0.6) is 0 Å². The molecular weight excluding hydrogens is 769 g/mol. The van der Waals surface area contributed by atoms with E-state index in [0.717, 1.165) is 89.2 Å². The lowest BCUT2D eigenvalue weighted by Crippen LogP contribution is -2.61. The Morgan fingerprint density at radius 3 is 1.93 bits per heavy atom. The summed E-state index contributed by atoms with van der Waals surface area (Å²) in [5.74, 6) is -1.06. The number of amides is 1. The molecule has 1 fully saturated rings. The number of aliphatic hydroxyl groups is 4. The molecule has 9 N–H and O–H groups in total. The van der Waals surface area contributed by atoms with E-state index in [4.69, 9.17) is 20.6 Å². The highest BCUT2D eigenvalue weighted by Gasteiger charge is 2.48. The molecule has 4 unspecified atom stereocenters. The van der Waals surface area contributed by atoms with Crippen LogP contribution in [-0.4, -0.2) is 104 Å². The first-order chi connectivity index (χ1) is 28.4. The third-order valence-electron chi connectivity index (χ3n) is 12.5. The molecule has 0 aromatic rings. The normalized spacial score (nSPS) is 23.6. The summed E-state index contributed by atoms with van der Waals surface area (Å²) in [5, 5.41) is 61.0. The van der Waals surface area contributed by atoms with Gasteiger partial charge in [-0.25, -0.2) is 4.79 Å². The highest BCUT2D eigenvalue weighted by atomic mass is 16.7. The smallest absolute Gasteiger partial charge is 0.335 e. The summed E-state index contributed by atoms with van der Waals surface area (Å²) in [6.45, 7) is 11.3. The van der Waals surface area contributed by atoms with Crippen molar-refractivity contribution < 1.29 is 49.4 Å². The first-order valence-electron chi connectivity index (χ1n) is 23.0. The molecule has 1 aliphatic carbocycles. The Hall–Kier alpha value is -3.04. The standard InChI is InChI=1S/C46H82N4O10/c1-30(21-15-12-13-20-28-50(6)46(47)48)22-16-14-17-23-31(2)29-34(5)41(59-45-40(55)38(53)39(54)42(60-45)44(57)58)32(3)24-18-10-8-7-9-11-19-25-33(4)43(56)49-37-35(51)26-27-36(37)52/h29-33,38-42,45,51,53-55H,7-28H2,1-6H3,(H3,47,48)(H,49,56)(H,57,58)/b34-29+/t30?,31?,32?,33?,38-,39-,40+,41+,42-,45+/m0/s1. The van der Waals surface area contributed by atoms with Gasteiger partial charge in [0.1, 0.15) is 29.8 Å². The Balaban J connectivity index is 1.80. The fourth-order valence-corrected chi connectivity index (χ4v) is 8.34. The summed E-state index contributed by atoms with van der Waals surface area (Å²) >= 11 is 0. The molecule has 0 aromatic carbocycles. The number of aliphatic carboxylic acids is 1. The number of carbonyl (C=O) groups excluding carboxylic acids is 2. The van der Waals surface area contributed by atoms with Crippen LogP contribution in [0.25, 0.3) is 0 Å². The second-order valence-corrected chi connectivity index (χ2v) is 18.1. The zero-order chi connectivity index (χ0) is 44.8. The van der Waals surface area contributed by atoms with Gasteiger partial charge in [-0.3, -0.25) is 15.0 Å². The number of hydrogen-bond donors (Lipinski definition) is 8. The summed E-state index contributed by atoms with van der Waals surface area (Å²) < 4.78 is 11.9. The number of unbranched alkanes of at least 4 members (excludes halogenated alkanes) is 11. The number of allylic oxidation sites excluding steroid dienone is 3. The van der Waals surface area contributed by atoms with E-state index in [0.29, 0.717) is 12.3 Å². The zero-order valence-corrected chi connectivity index (χ0v) is 37.7. The van der Waals surface area contributed by atoms with E-state index in [1.807, 2.05) is 20.9 Å². The van der Waals surface area contributed by atoms with Gasteiger partial charge >= 0.3 is 5.97 Å². The van der Waals surface area contributed by atoms with E-state index in [2.05, 4.69) is 32.2 Å². The molecular formula is C46H82N4O10. The SMILES string of the molecule is C/C(=C\C(C)CCCCCC(C)CCCCCCN(C)C(=N)N)[C@H](O[C@@H]1O[C@H](C(=O)O)[C@@H](O)[C@H](O)[C@H]1O)C(C)CCCCCCCCCC(C)C(=O)NC1=C(O)CCC1=O. The van der Waals surface area contributed by atoms with Crippen LogP contribution in [0.4, 0.5) is 0 Å². The Morgan fingerprint density at radius 2 is 1.37 bits per heavy atom. The van der Waals surface area contributed by atoms with Crippen LogP contribution >= 0.6 is 0 Å². The number of carboxylic acids is 1. The Bertz CT molecular complexity index is 1370. The van der Waals surface area contributed by atoms with Crippen molar-refractivity contribution in [2.24, 2.45) is 29.4 Å². The van der Waals surface area contributed by atoms with Crippen LogP contribution < -0.4 is 11.1 Å². The number of Topliss-reactive ketones (excluding diaryl/α,β-unsaturated/α-hetero) is 1. The number of nitrogens with one attached hydrogen (secondary N) is 2. The maximum atomic E-state index is 12.5. The molecule has 1 amide bonds. The molecule has 60 heavy (non-hydrogen) atoms. The Morgan fingerprint density at radius 1 is 0.833 bits per heavy atom. The molecule has 14 heteroatoms. The predicted octanol–water partition coefficient (Wildman–Crippen LogP) is 7.24. The van der Waals surface area contributed by atoms with Crippen molar-refractivity contribution in [1.82, 2.24) is 10.2 Å². The molecule has 0 radical (unpaired) electrons. The van der Waals surface area contributed by atoms with Gasteiger partial charge in [-0.2, -0.15) is 0 Å². The molecule has 1 saturated heterocycles. The van der Waals surface area contributed by atoms with Gasteiger partial charge in [-0.05, 0) is 55.9 Å². The largest absolute Gasteiger partial charge is 0.510 e. The van der Waals surface area contributed by atoms with Gasteiger partial charge in [-0.1, -0.05) is 130 Å². The predicted molar refractivity (Wildman–Crippen MR) is 234 cm³/mol. The first-order valence-corrected chi connectivity index (χ1v) is 23.0. The highest BCUT2D eigenvalue weighted by molar-refractivity contribution is 6.01. The second-order valence-electron chi connectivity index (χ2n) is 18.1. The number of rotatable bonds is 31. The minimum absolute atomic E-state index is 0.00438. The van der Waals surface area contributed by atoms with E-state index >= 15 is 0 Å². The molecule has 10 atom stereocenters. The zero-order valence-electron chi connectivity index (χ0n) is 37.7. The Kier molecular flexibility index (Phi) is 25.3. The number of carboxylic acid groups (broad SMARTS) is 1. The molecule has 0 spiro atoms. The van der Waals surface area contributed by atoms with Gasteiger partial charge in [0.05, 0.1) is 6.10 Å². The van der Waals surface area contributed by atoms with Crippen molar-refractivity contribution >= 4 is 23.6 Å². The number of aliphatic hydroxyl groups excluding tert-OH is 4. The second kappa shape index (κ2) is 28.5. The van der Waals surface area contributed by atoms with Gasteiger partial charge in [-0.15, -0.1) is 0 Å². The molecule has 0 aromatic heterocycles. The van der Waals surface area contributed by atoms with Gasteiger partial charge in [0, 0.05) is 32.4 Å². The molecule has 0 bridgehead atoms. The van der Waals surface area contributed by atoms with Crippen molar-refractivity contribution in [1.29, 1.82) is 5.41 Å². The third-order valence-corrected chi connectivity index (χ3v) is 12.5. The van der Waals surface area contributed by atoms with E-state index in [9.17, 15) is 39.9 Å². The molecule has 0 saturated carbocycles. The van der Waals surface area contributed by atoms with Crippen LogP contribution in [-0.2, 0) is 23.9 Å². The molecule has 346 valence electrons. The maximum Gasteiger partial charge on any atom is 0.335 e. The molecule has 14 nitrogen and oxygen atoms in total. The van der Waals surface area contributed by atoms with Crippen molar-refractivity contribution in [3.8, 4) is 0 Å². The van der Waals surface area contributed by atoms with Gasteiger partial charge in [0.15, 0.2) is 24.1 Å². The fourth-order valence-electron chi connectivity index (χ4n) is 8.34. The third kappa shape index (κ3) is 19.3. The lowest BCUT2D eigenvalue weighted by Gasteiger charge is -2.41. The lowest BCUT2D eigenvalue weighted by atomic mass is 9.89. The van der Waals surface area contributed by atoms with E-state index < -0.39 is 42.8 Å². The lowest BCUT2D eigenvalue weighted by molar-refractivity contribution is -0.304. The molecule has 1 heterocycles. The van der Waals surface area contributed by atoms with E-state index in [1.165, 1.54) is 38.5 Å². The molecule has 1 aliphatic heterocycles. The quantitative estimate of drug-likeness (QED) is 0.0149. The summed E-state index contributed by atoms with van der Waals surface area (Å²) in [4.78, 5) is 37.9. The molecule has 2 aliphatic rings. The van der Waals surface area contributed by atoms with Gasteiger partial charge in [0.25, 0.3) is 0 Å². The number of nitrogens with zero attached hydrogens (tertiary/aromatic N) is 1. The average Bonchev–Trinajstić information content (AvgIpc) is 3.51. The monoisotopic (exact) mass is 851 g/mol. The van der Waals surface area contributed by atoms with Crippen molar-refractivity contribution in [2.75, 3.05) is 13.6 Å². The van der Waals surface area contributed by atoms with Gasteiger partial charge in [0.2, 0.25) is 5.91 Å². The van der Waals surface area contributed by atoms with Gasteiger partial charge < -0.3 is 51.0 Å². The maximum absolute atomic E-state index is 12.5. The number of ketones is 1. The van der Waals surface area contributed by atoms with Crippen LogP contribution in [0.1, 0.15) is 169 Å².